The predicted octanol–water partition coefficient (Wildman–Crippen LogP) is 0.686. The summed E-state index contributed by atoms with van der Waals surface area (Å²) >= 11 is 0. The maximum absolute atomic E-state index is 11.8. The van der Waals surface area contributed by atoms with Gasteiger partial charge in [0, 0.05) is 30.3 Å². The summed E-state index contributed by atoms with van der Waals surface area (Å²) in [5, 5.41) is 16.6. The summed E-state index contributed by atoms with van der Waals surface area (Å²) < 4.78 is 0. The molecule has 1 aliphatic rings. The normalized spacial score (nSPS) is 18.9. The Bertz CT molecular complexity index is 441. The lowest BCUT2D eigenvalue weighted by Gasteiger charge is -2.10. The first-order chi connectivity index (χ1) is 8.16. The molecule has 0 spiro atoms. The van der Waals surface area contributed by atoms with E-state index in [1.165, 1.54) is 18.2 Å². The SMILES string of the molecule is O=C(N[C@@H]1CCNC1)c1cccc([N+](=O)[O-])c1. The van der Waals surface area contributed by atoms with E-state index < -0.39 is 4.92 Å². The average molecular weight is 235 g/mol. The smallest absolute Gasteiger partial charge is 0.270 e. The van der Waals surface area contributed by atoms with Crippen LogP contribution in [0.3, 0.4) is 0 Å². The lowest BCUT2D eigenvalue weighted by Crippen LogP contribution is -2.36. The monoisotopic (exact) mass is 235 g/mol. The highest BCUT2D eigenvalue weighted by atomic mass is 16.6. The Hall–Kier alpha value is -1.95. The van der Waals surface area contributed by atoms with Gasteiger partial charge in [-0.3, -0.25) is 14.9 Å². The number of hydrogen-bond acceptors (Lipinski definition) is 4. The van der Waals surface area contributed by atoms with Crippen LogP contribution in [0.2, 0.25) is 0 Å². The van der Waals surface area contributed by atoms with Crippen LogP contribution >= 0.6 is 0 Å². The molecular formula is C11H13N3O3. The lowest BCUT2D eigenvalue weighted by molar-refractivity contribution is -0.384. The van der Waals surface area contributed by atoms with E-state index in [0.717, 1.165) is 19.5 Å². The van der Waals surface area contributed by atoms with Crippen LogP contribution in [0.25, 0.3) is 0 Å². The zero-order valence-electron chi connectivity index (χ0n) is 9.18. The second kappa shape index (κ2) is 4.92. The van der Waals surface area contributed by atoms with Gasteiger partial charge in [-0.2, -0.15) is 0 Å². The van der Waals surface area contributed by atoms with Crippen molar-refractivity contribution < 1.29 is 9.72 Å². The van der Waals surface area contributed by atoms with Gasteiger partial charge < -0.3 is 10.6 Å². The van der Waals surface area contributed by atoms with Crippen molar-refractivity contribution in [3.63, 3.8) is 0 Å². The minimum atomic E-state index is -0.506. The van der Waals surface area contributed by atoms with Gasteiger partial charge in [0.05, 0.1) is 4.92 Å². The quantitative estimate of drug-likeness (QED) is 0.596. The molecule has 0 bridgehead atoms. The van der Waals surface area contributed by atoms with Crippen LogP contribution in [0.1, 0.15) is 16.8 Å². The minimum absolute atomic E-state index is 0.0674. The third kappa shape index (κ3) is 2.79. The molecule has 6 nitrogen and oxygen atoms in total. The minimum Gasteiger partial charge on any atom is -0.348 e. The van der Waals surface area contributed by atoms with Gasteiger partial charge >= 0.3 is 0 Å². The molecule has 1 aliphatic heterocycles. The lowest BCUT2D eigenvalue weighted by atomic mass is 10.1. The van der Waals surface area contributed by atoms with Crippen molar-refractivity contribution >= 4 is 11.6 Å². The highest BCUT2D eigenvalue weighted by Gasteiger charge is 2.18. The van der Waals surface area contributed by atoms with Crippen LogP contribution < -0.4 is 10.6 Å². The number of benzene rings is 1. The highest BCUT2D eigenvalue weighted by molar-refractivity contribution is 5.95. The zero-order valence-corrected chi connectivity index (χ0v) is 9.18. The van der Waals surface area contributed by atoms with Gasteiger partial charge in [-0.1, -0.05) is 6.07 Å². The van der Waals surface area contributed by atoms with Crippen molar-refractivity contribution in [1.29, 1.82) is 0 Å². The fourth-order valence-electron chi connectivity index (χ4n) is 1.81. The van der Waals surface area contributed by atoms with E-state index in [0.29, 0.717) is 5.56 Å². The second-order valence-corrected chi connectivity index (χ2v) is 3.97. The molecule has 1 atom stereocenters. The Morgan fingerprint density at radius 3 is 3.00 bits per heavy atom. The van der Waals surface area contributed by atoms with Crippen molar-refractivity contribution in [1.82, 2.24) is 10.6 Å². The number of carbonyl (C=O) groups excluding carboxylic acids is 1. The third-order valence-corrected chi connectivity index (χ3v) is 2.71. The number of rotatable bonds is 3. The zero-order chi connectivity index (χ0) is 12.3. The van der Waals surface area contributed by atoms with Crippen LogP contribution in [0.15, 0.2) is 24.3 Å². The van der Waals surface area contributed by atoms with E-state index in [1.807, 2.05) is 0 Å². The van der Waals surface area contributed by atoms with Crippen molar-refractivity contribution in [3.05, 3.63) is 39.9 Å². The molecule has 0 aliphatic carbocycles. The van der Waals surface area contributed by atoms with E-state index in [2.05, 4.69) is 10.6 Å². The fraction of sp³-hybridized carbons (Fsp3) is 0.364. The molecule has 1 aromatic carbocycles. The van der Waals surface area contributed by atoms with Gasteiger partial charge in [0.1, 0.15) is 0 Å². The van der Waals surface area contributed by atoms with Gasteiger partial charge in [-0.25, -0.2) is 0 Å². The second-order valence-electron chi connectivity index (χ2n) is 3.97. The molecule has 6 heteroatoms. The van der Waals surface area contributed by atoms with Crippen LogP contribution in [-0.4, -0.2) is 30.0 Å². The molecule has 1 aromatic rings. The summed E-state index contributed by atoms with van der Waals surface area (Å²) in [6.45, 7) is 1.64. The number of carbonyl (C=O) groups is 1. The molecule has 1 fully saturated rings. The number of non-ortho nitro benzene ring substituents is 1. The topological polar surface area (TPSA) is 84.3 Å². The molecule has 17 heavy (non-hydrogen) atoms. The van der Waals surface area contributed by atoms with E-state index in [1.54, 1.807) is 6.07 Å². The Balaban J connectivity index is 2.07. The molecule has 2 N–H and O–H groups in total. The Kier molecular flexibility index (Phi) is 3.34. The maximum Gasteiger partial charge on any atom is 0.270 e. The van der Waals surface area contributed by atoms with Gasteiger partial charge in [0.25, 0.3) is 11.6 Å². The first-order valence-corrected chi connectivity index (χ1v) is 5.43. The first-order valence-electron chi connectivity index (χ1n) is 5.43. The van der Waals surface area contributed by atoms with E-state index in [4.69, 9.17) is 0 Å². The summed E-state index contributed by atoms with van der Waals surface area (Å²) in [7, 11) is 0. The Morgan fingerprint density at radius 2 is 2.35 bits per heavy atom. The number of amides is 1. The van der Waals surface area contributed by atoms with E-state index >= 15 is 0 Å². The van der Waals surface area contributed by atoms with E-state index in [-0.39, 0.29) is 17.6 Å². The standard InChI is InChI=1S/C11H13N3O3/c15-11(13-9-4-5-12-7-9)8-2-1-3-10(6-8)14(16)17/h1-3,6,9,12H,4-5,7H2,(H,13,15)/t9-/m1/s1. The average Bonchev–Trinajstić information content (AvgIpc) is 2.82. The first kappa shape index (κ1) is 11.5. The Labute approximate surface area is 98.2 Å². The predicted molar refractivity (Wildman–Crippen MR) is 61.8 cm³/mol. The van der Waals surface area contributed by atoms with Gasteiger partial charge in [0.15, 0.2) is 0 Å². The van der Waals surface area contributed by atoms with Crippen molar-refractivity contribution in [2.45, 2.75) is 12.5 Å². The molecule has 1 saturated heterocycles. The molecule has 1 heterocycles. The summed E-state index contributed by atoms with van der Waals surface area (Å²) in [5.41, 5.74) is 0.258. The van der Waals surface area contributed by atoms with E-state index in [9.17, 15) is 14.9 Å². The summed E-state index contributed by atoms with van der Waals surface area (Å²) in [5.74, 6) is -0.262. The molecule has 0 aromatic heterocycles. The molecule has 1 amide bonds. The van der Waals surface area contributed by atoms with Crippen molar-refractivity contribution in [3.8, 4) is 0 Å². The molecule has 90 valence electrons. The number of nitro benzene ring substituents is 1. The van der Waals surface area contributed by atoms with Crippen LogP contribution in [0.5, 0.6) is 0 Å². The third-order valence-electron chi connectivity index (χ3n) is 2.71. The molecule has 0 radical (unpaired) electrons. The summed E-state index contributed by atoms with van der Waals surface area (Å²) in [4.78, 5) is 21.9. The molecule has 2 rings (SSSR count). The maximum atomic E-state index is 11.8. The van der Waals surface area contributed by atoms with Crippen LogP contribution in [0, 0.1) is 10.1 Å². The van der Waals surface area contributed by atoms with Crippen molar-refractivity contribution in [2.24, 2.45) is 0 Å². The van der Waals surface area contributed by atoms with Gasteiger partial charge in [-0.15, -0.1) is 0 Å². The van der Waals surface area contributed by atoms with Crippen molar-refractivity contribution in [2.75, 3.05) is 13.1 Å². The number of hydrogen-bond donors (Lipinski definition) is 2. The number of nitro groups is 1. The summed E-state index contributed by atoms with van der Waals surface area (Å²) in [6.07, 6.45) is 0.890. The highest BCUT2D eigenvalue weighted by Crippen LogP contribution is 2.13. The van der Waals surface area contributed by atoms with Gasteiger partial charge in [0.2, 0.25) is 0 Å². The molecular weight excluding hydrogens is 222 g/mol. The number of nitrogens with zero attached hydrogens (tertiary/aromatic N) is 1. The largest absolute Gasteiger partial charge is 0.348 e. The summed E-state index contributed by atoms with van der Waals surface area (Å²) in [6, 6.07) is 5.86. The van der Waals surface area contributed by atoms with Gasteiger partial charge in [-0.05, 0) is 19.0 Å². The van der Waals surface area contributed by atoms with Crippen LogP contribution in [0.4, 0.5) is 5.69 Å². The molecule has 0 unspecified atom stereocenters. The number of nitrogens with one attached hydrogen (secondary N) is 2. The fourth-order valence-corrected chi connectivity index (χ4v) is 1.81. The van der Waals surface area contributed by atoms with Crippen LogP contribution in [-0.2, 0) is 0 Å². The molecule has 0 saturated carbocycles. The Morgan fingerprint density at radius 1 is 1.53 bits per heavy atom.